The summed E-state index contributed by atoms with van der Waals surface area (Å²) in [5.74, 6) is 1.21. The van der Waals surface area contributed by atoms with Crippen molar-refractivity contribution < 1.29 is 19.1 Å². The Morgan fingerprint density at radius 2 is 1.83 bits per heavy atom. The summed E-state index contributed by atoms with van der Waals surface area (Å²) < 4.78 is 5.52. The van der Waals surface area contributed by atoms with Crippen molar-refractivity contribution in [2.45, 2.75) is 30.7 Å². The molecule has 3 aliphatic heterocycles. The van der Waals surface area contributed by atoms with Crippen molar-refractivity contribution in [1.29, 1.82) is 0 Å². The first kappa shape index (κ1) is 20.3. The molecule has 2 atom stereocenters. The second kappa shape index (κ2) is 8.07. The molecule has 9 heteroatoms. The lowest BCUT2D eigenvalue weighted by Gasteiger charge is -2.38. The summed E-state index contributed by atoms with van der Waals surface area (Å²) >= 11 is 7.54. The maximum atomic E-state index is 13.0. The fourth-order valence-electron chi connectivity index (χ4n) is 4.16. The number of nitrogens with zero attached hydrogens (tertiary/aromatic N) is 3. The van der Waals surface area contributed by atoms with Gasteiger partial charge in [0.1, 0.15) is 11.8 Å². The monoisotopic (exact) mass is 437 g/mol. The van der Waals surface area contributed by atoms with Gasteiger partial charge in [-0.15, -0.1) is 11.8 Å². The number of hydrogen-bond donors (Lipinski definition) is 0. The van der Waals surface area contributed by atoms with Crippen LogP contribution in [0.2, 0.25) is 5.02 Å². The van der Waals surface area contributed by atoms with Crippen LogP contribution < -0.4 is 4.74 Å². The van der Waals surface area contributed by atoms with Gasteiger partial charge < -0.3 is 19.4 Å². The average molecular weight is 438 g/mol. The van der Waals surface area contributed by atoms with E-state index in [1.54, 1.807) is 50.7 Å². The van der Waals surface area contributed by atoms with E-state index in [0.717, 1.165) is 6.42 Å². The van der Waals surface area contributed by atoms with Crippen LogP contribution in [0.5, 0.6) is 5.75 Å². The molecule has 0 radical (unpaired) electrons. The average Bonchev–Trinajstić information content (AvgIpc) is 3.22. The van der Waals surface area contributed by atoms with Gasteiger partial charge in [0.2, 0.25) is 11.8 Å². The maximum absolute atomic E-state index is 13.0. The summed E-state index contributed by atoms with van der Waals surface area (Å²) in [6.45, 7) is 3.90. The molecule has 29 heavy (non-hydrogen) atoms. The number of carbonyl (C=O) groups is 3. The van der Waals surface area contributed by atoms with Crippen molar-refractivity contribution in [2.75, 3.05) is 38.5 Å². The van der Waals surface area contributed by atoms with E-state index in [9.17, 15) is 14.4 Å². The highest BCUT2D eigenvalue weighted by molar-refractivity contribution is 8.01. The van der Waals surface area contributed by atoms with E-state index in [2.05, 4.69) is 0 Å². The quantitative estimate of drug-likeness (QED) is 0.718. The molecule has 3 heterocycles. The fraction of sp³-hybridized carbons (Fsp3) is 0.550. The van der Waals surface area contributed by atoms with Gasteiger partial charge in [-0.05, 0) is 37.6 Å². The van der Waals surface area contributed by atoms with Crippen molar-refractivity contribution >= 4 is 41.1 Å². The fourth-order valence-corrected chi connectivity index (χ4v) is 5.71. The topological polar surface area (TPSA) is 70.2 Å². The number of thioether (sulfide) groups is 1. The number of benzene rings is 1. The van der Waals surface area contributed by atoms with Crippen LogP contribution in [0, 0.1) is 0 Å². The Bertz CT molecular complexity index is 812. The van der Waals surface area contributed by atoms with Crippen LogP contribution in [0.1, 0.15) is 19.8 Å². The molecule has 1 aromatic rings. The van der Waals surface area contributed by atoms with Crippen molar-refractivity contribution in [3.8, 4) is 5.75 Å². The molecule has 0 bridgehead atoms. The zero-order valence-electron chi connectivity index (χ0n) is 16.3. The highest BCUT2D eigenvalue weighted by Gasteiger charge is 2.53. The van der Waals surface area contributed by atoms with E-state index in [1.807, 2.05) is 6.92 Å². The normalized spacial score (nSPS) is 26.6. The summed E-state index contributed by atoms with van der Waals surface area (Å²) in [7, 11) is 0. The molecule has 3 aliphatic rings. The SMILES string of the molecule is CC12CCC(=O)N1C(C(=O)N1CCN(C(=O)COc3ccc(Cl)cc3)CC1)CS2. The van der Waals surface area contributed by atoms with E-state index in [-0.39, 0.29) is 35.2 Å². The minimum atomic E-state index is -0.379. The van der Waals surface area contributed by atoms with Crippen molar-refractivity contribution in [3.63, 3.8) is 0 Å². The Morgan fingerprint density at radius 3 is 2.52 bits per heavy atom. The first-order valence-electron chi connectivity index (χ1n) is 9.78. The molecule has 0 N–H and O–H groups in total. The number of carbonyl (C=O) groups excluding carboxylic acids is 3. The summed E-state index contributed by atoms with van der Waals surface area (Å²) in [5, 5.41) is 0.612. The second-order valence-corrected chi connectivity index (χ2v) is 9.65. The van der Waals surface area contributed by atoms with Gasteiger partial charge in [-0.25, -0.2) is 0 Å². The molecule has 2 unspecified atom stereocenters. The molecule has 0 aromatic heterocycles. The number of amides is 3. The Hall–Kier alpha value is -1.93. The molecule has 3 amide bonds. The largest absolute Gasteiger partial charge is 0.484 e. The zero-order chi connectivity index (χ0) is 20.6. The highest BCUT2D eigenvalue weighted by atomic mass is 35.5. The van der Waals surface area contributed by atoms with Crippen molar-refractivity contribution in [2.24, 2.45) is 0 Å². The number of rotatable bonds is 4. The number of halogens is 1. The molecule has 7 nitrogen and oxygen atoms in total. The van der Waals surface area contributed by atoms with E-state index in [4.69, 9.17) is 16.3 Å². The van der Waals surface area contributed by atoms with E-state index in [0.29, 0.717) is 49.1 Å². The van der Waals surface area contributed by atoms with Gasteiger partial charge in [0.15, 0.2) is 6.61 Å². The summed E-state index contributed by atoms with van der Waals surface area (Å²) in [6.07, 6.45) is 1.32. The number of piperazine rings is 1. The van der Waals surface area contributed by atoms with Crippen LogP contribution in [0.3, 0.4) is 0 Å². The van der Waals surface area contributed by atoms with Gasteiger partial charge in [-0.2, -0.15) is 0 Å². The summed E-state index contributed by atoms with van der Waals surface area (Å²) in [6, 6.07) is 6.49. The zero-order valence-corrected chi connectivity index (χ0v) is 17.9. The van der Waals surface area contributed by atoms with Crippen LogP contribution in [-0.2, 0) is 14.4 Å². The predicted octanol–water partition coefficient (Wildman–Crippen LogP) is 1.84. The smallest absolute Gasteiger partial charge is 0.260 e. The maximum Gasteiger partial charge on any atom is 0.260 e. The third-order valence-corrected chi connectivity index (χ3v) is 7.61. The number of fused-ring (bicyclic) bond motifs is 1. The van der Waals surface area contributed by atoms with Crippen molar-refractivity contribution in [3.05, 3.63) is 29.3 Å². The van der Waals surface area contributed by atoms with Gasteiger partial charge in [0.05, 0.1) is 4.87 Å². The van der Waals surface area contributed by atoms with E-state index >= 15 is 0 Å². The second-order valence-electron chi connectivity index (χ2n) is 7.71. The Morgan fingerprint density at radius 1 is 1.17 bits per heavy atom. The van der Waals surface area contributed by atoms with E-state index < -0.39 is 0 Å². The first-order valence-corrected chi connectivity index (χ1v) is 11.1. The Balaban J connectivity index is 1.28. The third kappa shape index (κ3) is 4.05. The molecule has 1 aromatic carbocycles. The third-order valence-electron chi connectivity index (χ3n) is 5.85. The lowest BCUT2D eigenvalue weighted by Crippen LogP contribution is -2.57. The molecule has 0 saturated carbocycles. The summed E-state index contributed by atoms with van der Waals surface area (Å²) in [4.78, 5) is 42.8. The minimum absolute atomic E-state index is 0.000915. The van der Waals surface area contributed by atoms with Crippen molar-refractivity contribution in [1.82, 2.24) is 14.7 Å². The Labute approximate surface area is 179 Å². The lowest BCUT2D eigenvalue weighted by atomic mass is 10.2. The molecule has 0 spiro atoms. The van der Waals surface area contributed by atoms with Gasteiger partial charge in [0.25, 0.3) is 5.91 Å². The van der Waals surface area contributed by atoms with Gasteiger partial charge in [-0.3, -0.25) is 14.4 Å². The molecule has 4 rings (SSSR count). The molecule has 3 saturated heterocycles. The molecule has 3 fully saturated rings. The molecular formula is C20H24ClN3O4S. The van der Waals surface area contributed by atoms with Gasteiger partial charge >= 0.3 is 0 Å². The molecule has 156 valence electrons. The first-order chi connectivity index (χ1) is 13.9. The van der Waals surface area contributed by atoms with Crippen LogP contribution in [0.15, 0.2) is 24.3 Å². The Kier molecular flexibility index (Phi) is 5.66. The van der Waals surface area contributed by atoms with Gasteiger partial charge in [0, 0.05) is 43.4 Å². The van der Waals surface area contributed by atoms with Crippen LogP contribution in [0.4, 0.5) is 0 Å². The summed E-state index contributed by atoms with van der Waals surface area (Å²) in [5.41, 5.74) is 0. The number of hydrogen-bond acceptors (Lipinski definition) is 5. The number of ether oxygens (including phenoxy) is 1. The lowest BCUT2D eigenvalue weighted by molar-refractivity contribution is -0.147. The van der Waals surface area contributed by atoms with E-state index in [1.165, 1.54) is 0 Å². The standard InChI is InChI=1S/C20H24ClN3O4S/c1-20-7-6-17(25)24(20)16(13-29-20)19(27)23-10-8-22(9-11-23)18(26)12-28-15-4-2-14(21)3-5-15/h2-5,16H,6-13H2,1H3. The van der Waals surface area contributed by atoms with Crippen LogP contribution in [0.25, 0.3) is 0 Å². The highest BCUT2D eigenvalue weighted by Crippen LogP contribution is 2.47. The van der Waals surface area contributed by atoms with Gasteiger partial charge in [-0.1, -0.05) is 11.6 Å². The molecular weight excluding hydrogens is 414 g/mol. The molecule has 0 aliphatic carbocycles. The minimum Gasteiger partial charge on any atom is -0.484 e. The van der Waals surface area contributed by atoms with Crippen LogP contribution >= 0.6 is 23.4 Å². The predicted molar refractivity (Wildman–Crippen MR) is 111 cm³/mol. The van der Waals surface area contributed by atoms with Crippen LogP contribution in [-0.4, -0.2) is 81.9 Å².